The van der Waals surface area contributed by atoms with Crippen LogP contribution in [-0.4, -0.2) is 15.1 Å². The van der Waals surface area contributed by atoms with E-state index in [1.165, 1.54) is 0 Å². The number of nitrogens with one attached hydrogen (secondary N) is 1. The third-order valence-corrected chi connectivity index (χ3v) is 1.74. The number of hydrogen-bond donors (Lipinski definition) is 2. The van der Waals surface area contributed by atoms with Crippen LogP contribution in [0.2, 0.25) is 0 Å². The second-order valence-corrected chi connectivity index (χ2v) is 2.70. The van der Waals surface area contributed by atoms with Gasteiger partial charge in [0.2, 0.25) is 5.82 Å². The van der Waals surface area contributed by atoms with E-state index in [0.717, 1.165) is 5.56 Å². The topological polar surface area (TPSA) is 97.8 Å². The van der Waals surface area contributed by atoms with Gasteiger partial charge in [-0.25, -0.2) is 4.79 Å². The summed E-state index contributed by atoms with van der Waals surface area (Å²) >= 11 is 0. The third kappa shape index (κ3) is 1.55. The minimum atomic E-state index is -0.597. The molecule has 0 atom stereocenters. The van der Waals surface area contributed by atoms with Gasteiger partial charge in [0.05, 0.1) is 0 Å². The first kappa shape index (κ1) is 8.64. The van der Waals surface area contributed by atoms with Gasteiger partial charge >= 0.3 is 5.76 Å². The molecule has 0 spiro atoms. The molecule has 0 saturated heterocycles. The van der Waals surface area contributed by atoms with E-state index in [-0.39, 0.29) is 0 Å². The van der Waals surface area contributed by atoms with Gasteiger partial charge < -0.3 is 5.73 Å². The zero-order valence-electron chi connectivity index (χ0n) is 7.23. The van der Waals surface area contributed by atoms with Crippen molar-refractivity contribution < 1.29 is 4.52 Å². The maximum atomic E-state index is 10.7. The molecule has 3 N–H and O–H groups in total. The van der Waals surface area contributed by atoms with Crippen molar-refractivity contribution in [1.82, 2.24) is 15.1 Å². The van der Waals surface area contributed by atoms with E-state index in [9.17, 15) is 4.79 Å². The molecule has 0 aromatic carbocycles. The SMILES string of the molecule is NCc1ccnc(-c2noc(=O)[nH]2)c1. The number of nitrogens with zero attached hydrogens (tertiary/aromatic N) is 2. The Bertz CT molecular complexity index is 488. The molecule has 0 aliphatic rings. The highest BCUT2D eigenvalue weighted by Gasteiger charge is 2.05. The van der Waals surface area contributed by atoms with Crippen LogP contribution in [0.4, 0.5) is 0 Å². The van der Waals surface area contributed by atoms with Crippen LogP contribution in [0.25, 0.3) is 11.5 Å². The van der Waals surface area contributed by atoms with Gasteiger partial charge in [-0.1, -0.05) is 5.16 Å². The van der Waals surface area contributed by atoms with Gasteiger partial charge in [-0.2, -0.15) is 0 Å². The number of H-pyrrole nitrogens is 1. The van der Waals surface area contributed by atoms with Crippen LogP contribution in [0.15, 0.2) is 27.6 Å². The van der Waals surface area contributed by atoms with Gasteiger partial charge in [-0.05, 0) is 17.7 Å². The minimum Gasteiger partial charge on any atom is -0.326 e. The van der Waals surface area contributed by atoms with Gasteiger partial charge in [0, 0.05) is 12.7 Å². The number of pyridine rings is 1. The summed E-state index contributed by atoms with van der Waals surface area (Å²) < 4.78 is 4.36. The maximum Gasteiger partial charge on any atom is 0.439 e. The van der Waals surface area contributed by atoms with Gasteiger partial charge in [0.15, 0.2) is 0 Å². The fourth-order valence-electron chi connectivity index (χ4n) is 1.07. The molecule has 0 fully saturated rings. The van der Waals surface area contributed by atoms with Crippen LogP contribution < -0.4 is 11.5 Å². The van der Waals surface area contributed by atoms with E-state index in [1.54, 1.807) is 18.3 Å². The summed E-state index contributed by atoms with van der Waals surface area (Å²) in [5.41, 5.74) is 6.91. The standard InChI is InChI=1S/C8H8N4O2/c9-4-5-1-2-10-6(3-5)7-11-8(13)14-12-7/h1-3H,4,9H2,(H,11,12,13). The van der Waals surface area contributed by atoms with E-state index in [4.69, 9.17) is 5.73 Å². The largest absolute Gasteiger partial charge is 0.439 e. The molecule has 0 radical (unpaired) electrons. The Morgan fingerprint density at radius 3 is 3.07 bits per heavy atom. The van der Waals surface area contributed by atoms with Crippen LogP contribution in [0.5, 0.6) is 0 Å². The first-order valence-corrected chi connectivity index (χ1v) is 4.01. The van der Waals surface area contributed by atoms with E-state index in [2.05, 4.69) is 19.6 Å². The van der Waals surface area contributed by atoms with Gasteiger partial charge in [-0.3, -0.25) is 14.5 Å². The Balaban J connectivity index is 2.46. The fourth-order valence-corrected chi connectivity index (χ4v) is 1.07. The van der Waals surface area contributed by atoms with Crippen LogP contribution in [0.1, 0.15) is 5.56 Å². The summed E-state index contributed by atoms with van der Waals surface area (Å²) in [4.78, 5) is 17.1. The normalized spacial score (nSPS) is 10.4. The second-order valence-electron chi connectivity index (χ2n) is 2.70. The first-order chi connectivity index (χ1) is 6.79. The summed E-state index contributed by atoms with van der Waals surface area (Å²) in [6.07, 6.45) is 1.60. The lowest BCUT2D eigenvalue weighted by Gasteiger charge is -1.97. The van der Waals surface area contributed by atoms with Gasteiger partial charge in [0.25, 0.3) is 0 Å². The molecule has 6 nitrogen and oxygen atoms in total. The quantitative estimate of drug-likeness (QED) is 0.691. The van der Waals surface area contributed by atoms with E-state index < -0.39 is 5.76 Å². The highest BCUT2D eigenvalue weighted by molar-refractivity contribution is 5.48. The average molecular weight is 192 g/mol. The lowest BCUT2D eigenvalue weighted by Crippen LogP contribution is -1.98. The van der Waals surface area contributed by atoms with E-state index in [1.807, 2.05) is 0 Å². The predicted molar refractivity (Wildman–Crippen MR) is 48.2 cm³/mol. The minimum absolute atomic E-state index is 0.310. The molecule has 14 heavy (non-hydrogen) atoms. The predicted octanol–water partition coefficient (Wildman–Crippen LogP) is -0.116. The lowest BCUT2D eigenvalue weighted by molar-refractivity contribution is 0.387. The lowest BCUT2D eigenvalue weighted by atomic mass is 10.2. The van der Waals surface area contributed by atoms with Gasteiger partial charge in [-0.15, -0.1) is 0 Å². The molecular formula is C8H8N4O2. The molecule has 72 valence electrons. The van der Waals surface area contributed by atoms with Crippen molar-refractivity contribution in [3.63, 3.8) is 0 Å². The van der Waals surface area contributed by atoms with E-state index in [0.29, 0.717) is 18.1 Å². The molecule has 0 saturated carbocycles. The summed E-state index contributed by atoms with van der Waals surface area (Å²) in [5.74, 6) is -0.287. The highest BCUT2D eigenvalue weighted by Crippen LogP contribution is 2.10. The molecular weight excluding hydrogens is 184 g/mol. The Kier molecular flexibility index (Phi) is 2.11. The Labute approximate surface area is 78.8 Å². The van der Waals surface area contributed by atoms with Crippen molar-refractivity contribution in [1.29, 1.82) is 0 Å². The number of aromatic nitrogens is 3. The molecule has 0 aliphatic carbocycles. The molecule has 0 bridgehead atoms. The third-order valence-electron chi connectivity index (χ3n) is 1.74. The average Bonchev–Trinajstić information content (AvgIpc) is 2.65. The molecule has 2 aromatic rings. The van der Waals surface area contributed by atoms with E-state index >= 15 is 0 Å². The zero-order chi connectivity index (χ0) is 9.97. The number of hydrogen-bond acceptors (Lipinski definition) is 5. The van der Waals surface area contributed by atoms with Crippen molar-refractivity contribution in [2.45, 2.75) is 6.54 Å². The molecule has 0 aliphatic heterocycles. The van der Waals surface area contributed by atoms with Crippen LogP contribution in [0.3, 0.4) is 0 Å². The Morgan fingerprint density at radius 2 is 2.43 bits per heavy atom. The first-order valence-electron chi connectivity index (χ1n) is 4.01. The summed E-state index contributed by atoms with van der Waals surface area (Å²) in [7, 11) is 0. The maximum absolute atomic E-state index is 10.7. The molecule has 6 heteroatoms. The van der Waals surface area contributed by atoms with Crippen molar-refractivity contribution in [2.24, 2.45) is 5.73 Å². The van der Waals surface area contributed by atoms with Gasteiger partial charge in [0.1, 0.15) is 5.69 Å². The highest BCUT2D eigenvalue weighted by atomic mass is 16.5. The number of nitrogens with two attached hydrogens (primary N) is 1. The summed E-state index contributed by atoms with van der Waals surface area (Å²) in [6.45, 7) is 0.414. The Morgan fingerprint density at radius 1 is 1.57 bits per heavy atom. The van der Waals surface area contributed by atoms with Crippen LogP contribution >= 0.6 is 0 Å². The molecule has 2 aromatic heterocycles. The zero-order valence-corrected chi connectivity index (χ0v) is 7.23. The van der Waals surface area contributed by atoms with Crippen molar-refractivity contribution in [3.8, 4) is 11.5 Å². The van der Waals surface area contributed by atoms with Crippen molar-refractivity contribution in [2.75, 3.05) is 0 Å². The number of rotatable bonds is 2. The smallest absolute Gasteiger partial charge is 0.326 e. The monoisotopic (exact) mass is 192 g/mol. The van der Waals surface area contributed by atoms with Crippen molar-refractivity contribution >= 4 is 0 Å². The van der Waals surface area contributed by atoms with Crippen LogP contribution in [-0.2, 0) is 6.54 Å². The second kappa shape index (κ2) is 3.43. The molecule has 2 rings (SSSR count). The van der Waals surface area contributed by atoms with Crippen LogP contribution in [0, 0.1) is 0 Å². The molecule has 2 heterocycles. The molecule has 0 amide bonds. The Hall–Kier alpha value is -1.95. The molecule has 0 unspecified atom stereocenters. The summed E-state index contributed by atoms with van der Waals surface area (Å²) in [6, 6.07) is 3.54. The fraction of sp³-hybridized carbons (Fsp3) is 0.125. The van der Waals surface area contributed by atoms with Crippen molar-refractivity contribution in [3.05, 3.63) is 34.4 Å². The summed E-state index contributed by atoms with van der Waals surface area (Å²) in [5, 5.41) is 3.52. The number of aromatic amines is 1.